The van der Waals surface area contributed by atoms with Crippen LogP contribution >= 0.6 is 22.9 Å². The maximum absolute atomic E-state index is 12.6. The fraction of sp³-hybridized carbons (Fsp3) is 0.263. The molecule has 1 aliphatic carbocycles. The van der Waals surface area contributed by atoms with Gasteiger partial charge in [0.25, 0.3) is 0 Å². The van der Waals surface area contributed by atoms with E-state index >= 15 is 0 Å². The Kier molecular flexibility index (Phi) is 4.59. The number of anilines is 1. The number of aryl methyl sites for hydroxylation is 2. The summed E-state index contributed by atoms with van der Waals surface area (Å²) >= 11 is 7.60. The smallest absolute Gasteiger partial charge is 0.228 e. The van der Waals surface area contributed by atoms with Crippen LogP contribution in [0.15, 0.2) is 48.8 Å². The van der Waals surface area contributed by atoms with Gasteiger partial charge in [0.05, 0.1) is 18.2 Å². The van der Waals surface area contributed by atoms with Crippen molar-refractivity contribution < 1.29 is 4.79 Å². The summed E-state index contributed by atoms with van der Waals surface area (Å²) in [7, 11) is 0. The number of hydrogen-bond donors (Lipinski definition) is 1. The molecule has 128 valence electrons. The lowest BCUT2D eigenvalue weighted by atomic mass is 10.0. The average Bonchev–Trinajstić information content (AvgIpc) is 3.31. The molecule has 1 N–H and O–H groups in total. The summed E-state index contributed by atoms with van der Waals surface area (Å²) in [6.45, 7) is 0. The Bertz CT molecular complexity index is 849. The Balaban J connectivity index is 1.51. The first-order valence-electron chi connectivity index (χ1n) is 8.35. The van der Waals surface area contributed by atoms with Gasteiger partial charge in [-0.3, -0.25) is 4.79 Å². The van der Waals surface area contributed by atoms with Crippen molar-refractivity contribution in [2.75, 3.05) is 5.32 Å². The number of rotatable bonds is 5. The van der Waals surface area contributed by atoms with Crippen molar-refractivity contribution >= 4 is 34.0 Å². The van der Waals surface area contributed by atoms with Crippen LogP contribution in [0, 0.1) is 0 Å². The number of amides is 1. The Labute approximate surface area is 155 Å². The maximum atomic E-state index is 12.6. The zero-order valence-electron chi connectivity index (χ0n) is 13.6. The number of hydrogen-bond acceptors (Lipinski definition) is 3. The summed E-state index contributed by atoms with van der Waals surface area (Å²) in [5.74, 6) is -0.0268. The van der Waals surface area contributed by atoms with E-state index in [0.717, 1.165) is 29.2 Å². The van der Waals surface area contributed by atoms with Crippen molar-refractivity contribution in [3.8, 4) is 0 Å². The molecule has 0 aliphatic heterocycles. The molecule has 1 atom stereocenters. The van der Waals surface area contributed by atoms with Crippen molar-refractivity contribution in [1.82, 2.24) is 9.55 Å². The molecule has 0 fully saturated rings. The van der Waals surface area contributed by atoms with Gasteiger partial charge < -0.3 is 9.88 Å². The number of aromatic nitrogens is 2. The lowest BCUT2D eigenvalue weighted by molar-refractivity contribution is -0.116. The van der Waals surface area contributed by atoms with Gasteiger partial charge in [-0.25, -0.2) is 4.98 Å². The molecule has 4 nitrogen and oxygen atoms in total. The molecule has 0 saturated heterocycles. The minimum atomic E-state index is -0.0703. The van der Waals surface area contributed by atoms with Gasteiger partial charge in [-0.2, -0.15) is 0 Å². The normalized spacial score (nSPS) is 14.3. The number of carbonyl (C=O) groups is 1. The van der Waals surface area contributed by atoms with Crippen molar-refractivity contribution in [2.24, 2.45) is 0 Å². The first kappa shape index (κ1) is 16.4. The van der Waals surface area contributed by atoms with Crippen LogP contribution in [-0.2, 0) is 17.6 Å². The minimum Gasteiger partial charge on any atom is -0.346 e. The van der Waals surface area contributed by atoms with E-state index in [-0.39, 0.29) is 11.9 Å². The Hall–Kier alpha value is -2.11. The standard InChI is InChI=1S/C19H18ClN3OS/c20-14-8-6-13(7-9-14)16(23-10-1-2-11-23)12-18(24)22-19-21-15-4-3-5-17(15)25-19/h1-2,6-11,16H,3-5,12H2,(H,21,22,24). The zero-order chi connectivity index (χ0) is 17.2. The predicted molar refractivity (Wildman–Crippen MR) is 101 cm³/mol. The third kappa shape index (κ3) is 3.62. The van der Waals surface area contributed by atoms with E-state index in [0.29, 0.717) is 11.4 Å². The zero-order valence-corrected chi connectivity index (χ0v) is 15.2. The van der Waals surface area contributed by atoms with E-state index in [2.05, 4.69) is 10.3 Å². The number of benzene rings is 1. The summed E-state index contributed by atoms with van der Waals surface area (Å²) in [6.07, 6.45) is 7.59. The Morgan fingerprint density at radius 1 is 1.24 bits per heavy atom. The molecule has 3 aromatic rings. The van der Waals surface area contributed by atoms with Crippen LogP contribution in [0.1, 0.15) is 35.0 Å². The van der Waals surface area contributed by atoms with Crippen LogP contribution in [0.4, 0.5) is 5.13 Å². The molecule has 2 aromatic heterocycles. The van der Waals surface area contributed by atoms with E-state index in [4.69, 9.17) is 11.6 Å². The molecular weight excluding hydrogens is 354 g/mol. The van der Waals surface area contributed by atoms with Crippen LogP contribution in [0.25, 0.3) is 0 Å². The third-order valence-electron chi connectivity index (χ3n) is 4.46. The van der Waals surface area contributed by atoms with Crippen LogP contribution < -0.4 is 5.32 Å². The average molecular weight is 372 g/mol. The van der Waals surface area contributed by atoms with Crippen molar-refractivity contribution in [3.05, 3.63) is 69.9 Å². The number of carbonyl (C=O) groups excluding carboxylic acids is 1. The van der Waals surface area contributed by atoms with Crippen LogP contribution in [0.3, 0.4) is 0 Å². The number of nitrogens with one attached hydrogen (secondary N) is 1. The highest BCUT2D eigenvalue weighted by molar-refractivity contribution is 7.15. The van der Waals surface area contributed by atoms with E-state index in [1.54, 1.807) is 11.3 Å². The Morgan fingerprint density at radius 2 is 2.00 bits per heavy atom. The number of nitrogens with zero attached hydrogens (tertiary/aromatic N) is 2. The fourth-order valence-electron chi connectivity index (χ4n) is 3.23. The fourth-order valence-corrected chi connectivity index (χ4v) is 4.42. The van der Waals surface area contributed by atoms with E-state index in [1.165, 1.54) is 11.3 Å². The summed E-state index contributed by atoms with van der Waals surface area (Å²) < 4.78 is 2.05. The molecule has 1 unspecified atom stereocenters. The van der Waals surface area contributed by atoms with Crippen molar-refractivity contribution in [2.45, 2.75) is 31.7 Å². The molecule has 0 saturated carbocycles. The molecule has 0 radical (unpaired) electrons. The first-order chi connectivity index (χ1) is 12.2. The van der Waals surface area contributed by atoms with Crippen molar-refractivity contribution in [1.29, 1.82) is 0 Å². The van der Waals surface area contributed by atoms with Crippen LogP contribution in [-0.4, -0.2) is 15.5 Å². The highest BCUT2D eigenvalue weighted by Gasteiger charge is 2.21. The van der Waals surface area contributed by atoms with Gasteiger partial charge in [0.2, 0.25) is 5.91 Å². The van der Waals surface area contributed by atoms with Crippen LogP contribution in [0.5, 0.6) is 0 Å². The SMILES string of the molecule is O=C(CC(c1ccc(Cl)cc1)n1cccc1)Nc1nc2c(s1)CCC2. The van der Waals surface area contributed by atoms with E-state index in [1.807, 2.05) is 53.4 Å². The molecule has 6 heteroatoms. The summed E-state index contributed by atoms with van der Waals surface area (Å²) in [5, 5.41) is 4.38. The molecule has 1 amide bonds. The molecule has 1 aromatic carbocycles. The third-order valence-corrected chi connectivity index (χ3v) is 5.79. The molecule has 25 heavy (non-hydrogen) atoms. The lowest BCUT2D eigenvalue weighted by Gasteiger charge is -2.19. The summed E-state index contributed by atoms with van der Waals surface area (Å²) in [5.41, 5.74) is 2.21. The minimum absolute atomic E-state index is 0.0268. The highest BCUT2D eigenvalue weighted by atomic mass is 35.5. The second-order valence-corrected chi connectivity index (χ2v) is 7.71. The maximum Gasteiger partial charge on any atom is 0.228 e. The van der Waals surface area contributed by atoms with Gasteiger partial charge in [-0.05, 0) is 49.1 Å². The van der Waals surface area contributed by atoms with Gasteiger partial charge in [-0.15, -0.1) is 11.3 Å². The molecular formula is C19H18ClN3OS. The van der Waals surface area contributed by atoms with Gasteiger partial charge in [0, 0.05) is 22.3 Å². The van der Waals surface area contributed by atoms with Crippen LogP contribution in [0.2, 0.25) is 5.02 Å². The second kappa shape index (κ2) is 7.02. The van der Waals surface area contributed by atoms with E-state index < -0.39 is 0 Å². The molecule has 4 rings (SSSR count). The number of fused-ring (bicyclic) bond motifs is 1. The van der Waals surface area contributed by atoms with Gasteiger partial charge >= 0.3 is 0 Å². The van der Waals surface area contributed by atoms with Gasteiger partial charge in [-0.1, -0.05) is 23.7 Å². The molecule has 0 bridgehead atoms. The molecule has 0 spiro atoms. The monoisotopic (exact) mass is 371 g/mol. The molecule has 2 heterocycles. The second-order valence-electron chi connectivity index (χ2n) is 6.19. The van der Waals surface area contributed by atoms with Gasteiger partial charge in [0.1, 0.15) is 0 Å². The topological polar surface area (TPSA) is 46.9 Å². The predicted octanol–water partition coefficient (Wildman–Crippen LogP) is 4.70. The highest BCUT2D eigenvalue weighted by Crippen LogP contribution is 2.31. The van der Waals surface area contributed by atoms with Gasteiger partial charge in [0.15, 0.2) is 5.13 Å². The number of thiazole rings is 1. The van der Waals surface area contributed by atoms with Crippen molar-refractivity contribution in [3.63, 3.8) is 0 Å². The first-order valence-corrected chi connectivity index (χ1v) is 9.55. The summed E-state index contributed by atoms with van der Waals surface area (Å²) in [4.78, 5) is 18.5. The lowest BCUT2D eigenvalue weighted by Crippen LogP contribution is -2.19. The largest absolute Gasteiger partial charge is 0.346 e. The Morgan fingerprint density at radius 3 is 2.72 bits per heavy atom. The van der Waals surface area contributed by atoms with E-state index in [9.17, 15) is 4.79 Å². The number of halogens is 1. The quantitative estimate of drug-likeness (QED) is 0.706. The summed E-state index contributed by atoms with van der Waals surface area (Å²) in [6, 6.07) is 11.5. The molecule has 1 aliphatic rings.